The summed E-state index contributed by atoms with van der Waals surface area (Å²) in [5, 5.41) is 7.78. The Bertz CT molecular complexity index is 723. The lowest BCUT2D eigenvalue weighted by atomic mass is 9.75. The Balaban J connectivity index is 1.93. The minimum absolute atomic E-state index is 0.706. The average Bonchev–Trinajstić information content (AvgIpc) is 2.88. The first kappa shape index (κ1) is 12.7. The summed E-state index contributed by atoms with van der Waals surface area (Å²) >= 11 is 0. The van der Waals surface area contributed by atoms with E-state index in [2.05, 4.69) is 20.4 Å². The zero-order valence-corrected chi connectivity index (χ0v) is 11.5. The number of nitrogens with zero attached hydrogens (tertiary/aromatic N) is 4. The molecular formula is C14H15BN5. The first-order valence-electron chi connectivity index (χ1n) is 6.55. The molecular weight excluding hydrogens is 249 g/mol. The fraction of sp³-hybridized carbons (Fsp3) is 0.214. The first-order chi connectivity index (χ1) is 9.78. The van der Waals surface area contributed by atoms with E-state index in [0.717, 1.165) is 28.2 Å². The zero-order valence-electron chi connectivity index (χ0n) is 11.5. The number of pyridine rings is 1. The third-order valence-corrected chi connectivity index (χ3v) is 3.13. The molecule has 0 aliphatic rings. The summed E-state index contributed by atoms with van der Waals surface area (Å²) in [5.41, 5.74) is 4.01. The highest BCUT2D eigenvalue weighted by molar-refractivity contribution is 6.54. The monoisotopic (exact) mass is 264 g/mol. The number of fused-ring (bicyclic) bond motifs is 1. The van der Waals surface area contributed by atoms with Gasteiger partial charge < -0.3 is 5.32 Å². The lowest BCUT2D eigenvalue weighted by Crippen LogP contribution is -2.13. The predicted octanol–water partition coefficient (Wildman–Crippen LogP) is 1.42. The molecule has 0 amide bonds. The van der Waals surface area contributed by atoms with Crippen LogP contribution < -0.4 is 10.8 Å². The Hall–Kier alpha value is -2.37. The van der Waals surface area contributed by atoms with Crippen LogP contribution in [0.25, 0.3) is 5.65 Å². The molecule has 20 heavy (non-hydrogen) atoms. The third kappa shape index (κ3) is 2.36. The fourth-order valence-electron chi connectivity index (χ4n) is 2.13. The second kappa shape index (κ2) is 5.32. The minimum Gasteiger partial charge on any atom is -0.366 e. The molecule has 0 spiro atoms. The van der Waals surface area contributed by atoms with E-state index in [-0.39, 0.29) is 0 Å². The van der Waals surface area contributed by atoms with Crippen LogP contribution in [0.2, 0.25) is 6.82 Å². The standard InChI is InChI=1S/C14H15BN5/c1-10-6-13(17-8-11-4-3-5-16-7-11)20-14(19-10)12(15-2)9-18-20/h3-7,9,17H,8H2,1-2H3. The molecule has 0 unspecified atom stereocenters. The molecule has 0 bridgehead atoms. The predicted molar refractivity (Wildman–Crippen MR) is 80.5 cm³/mol. The van der Waals surface area contributed by atoms with Crippen molar-refractivity contribution in [3.63, 3.8) is 0 Å². The Morgan fingerprint density at radius 1 is 1.35 bits per heavy atom. The van der Waals surface area contributed by atoms with Gasteiger partial charge in [-0.05, 0) is 24.0 Å². The molecule has 0 atom stereocenters. The second-order valence-electron chi connectivity index (χ2n) is 4.62. The van der Waals surface area contributed by atoms with Crippen LogP contribution in [-0.4, -0.2) is 26.9 Å². The average molecular weight is 264 g/mol. The molecule has 0 saturated heterocycles. The maximum atomic E-state index is 4.54. The SMILES string of the molecule is C[B]c1cnn2c(NCc3cccnc3)cc(C)nc12. The number of aryl methyl sites for hydroxylation is 1. The maximum absolute atomic E-state index is 4.54. The van der Waals surface area contributed by atoms with E-state index in [4.69, 9.17) is 0 Å². The number of hydrogen-bond donors (Lipinski definition) is 1. The van der Waals surface area contributed by atoms with Gasteiger partial charge in [0.25, 0.3) is 0 Å². The largest absolute Gasteiger partial charge is 0.366 e. The van der Waals surface area contributed by atoms with Crippen LogP contribution in [0.3, 0.4) is 0 Å². The van der Waals surface area contributed by atoms with Crippen LogP contribution >= 0.6 is 0 Å². The minimum atomic E-state index is 0.706. The van der Waals surface area contributed by atoms with Crippen LogP contribution in [0, 0.1) is 6.92 Å². The van der Waals surface area contributed by atoms with Gasteiger partial charge in [0.15, 0.2) is 12.9 Å². The van der Waals surface area contributed by atoms with Gasteiger partial charge in [-0.15, -0.1) is 0 Å². The number of nitrogens with one attached hydrogen (secondary N) is 1. The fourth-order valence-corrected chi connectivity index (χ4v) is 2.13. The second-order valence-corrected chi connectivity index (χ2v) is 4.62. The summed E-state index contributed by atoms with van der Waals surface area (Å²) in [6, 6.07) is 5.97. The molecule has 3 heterocycles. The van der Waals surface area contributed by atoms with Crippen molar-refractivity contribution in [1.29, 1.82) is 0 Å². The van der Waals surface area contributed by atoms with E-state index in [1.165, 1.54) is 0 Å². The lowest BCUT2D eigenvalue weighted by molar-refractivity contribution is 0.916. The van der Waals surface area contributed by atoms with Crippen LogP contribution in [0.15, 0.2) is 36.8 Å². The molecule has 3 rings (SSSR count). The Kier molecular flexibility index (Phi) is 3.37. The quantitative estimate of drug-likeness (QED) is 0.724. The molecule has 0 saturated carbocycles. The summed E-state index contributed by atoms with van der Waals surface area (Å²) in [6.07, 6.45) is 5.46. The molecule has 0 aromatic carbocycles. The summed E-state index contributed by atoms with van der Waals surface area (Å²) in [6.45, 7) is 4.68. The van der Waals surface area contributed by atoms with Crippen molar-refractivity contribution in [2.24, 2.45) is 0 Å². The molecule has 0 fully saturated rings. The van der Waals surface area contributed by atoms with Crippen LogP contribution in [0.4, 0.5) is 5.82 Å². The van der Waals surface area contributed by atoms with Gasteiger partial charge in [0.05, 0.1) is 0 Å². The van der Waals surface area contributed by atoms with E-state index >= 15 is 0 Å². The number of aromatic nitrogens is 4. The van der Waals surface area contributed by atoms with E-state index in [9.17, 15) is 0 Å². The Morgan fingerprint density at radius 3 is 3.00 bits per heavy atom. The molecule has 0 aliphatic heterocycles. The molecule has 1 N–H and O–H groups in total. The van der Waals surface area contributed by atoms with Gasteiger partial charge in [-0.25, -0.2) is 4.98 Å². The van der Waals surface area contributed by atoms with Crippen molar-refractivity contribution in [2.75, 3.05) is 5.32 Å². The molecule has 1 radical (unpaired) electrons. The van der Waals surface area contributed by atoms with Gasteiger partial charge in [0.1, 0.15) is 5.82 Å². The van der Waals surface area contributed by atoms with Crippen molar-refractivity contribution in [3.05, 3.63) is 48.0 Å². The van der Waals surface area contributed by atoms with Crippen molar-refractivity contribution in [1.82, 2.24) is 19.6 Å². The molecule has 5 nitrogen and oxygen atoms in total. The van der Waals surface area contributed by atoms with Gasteiger partial charge in [0, 0.05) is 36.9 Å². The smallest absolute Gasteiger partial charge is 0.155 e. The van der Waals surface area contributed by atoms with E-state index in [0.29, 0.717) is 6.54 Å². The van der Waals surface area contributed by atoms with E-state index in [1.54, 1.807) is 6.20 Å². The normalized spacial score (nSPS) is 10.7. The van der Waals surface area contributed by atoms with Crippen LogP contribution in [0.1, 0.15) is 11.3 Å². The molecule has 0 aliphatic carbocycles. The number of hydrogen-bond acceptors (Lipinski definition) is 4. The van der Waals surface area contributed by atoms with Crippen molar-refractivity contribution < 1.29 is 0 Å². The van der Waals surface area contributed by atoms with Crippen molar-refractivity contribution >= 4 is 24.2 Å². The first-order valence-corrected chi connectivity index (χ1v) is 6.55. The van der Waals surface area contributed by atoms with Crippen molar-refractivity contribution in [2.45, 2.75) is 20.3 Å². The Morgan fingerprint density at radius 2 is 2.25 bits per heavy atom. The van der Waals surface area contributed by atoms with Gasteiger partial charge in [-0.1, -0.05) is 12.9 Å². The summed E-state index contributed by atoms with van der Waals surface area (Å²) in [5.74, 6) is 0.935. The zero-order chi connectivity index (χ0) is 13.9. The van der Waals surface area contributed by atoms with Gasteiger partial charge in [-0.2, -0.15) is 9.61 Å². The van der Waals surface area contributed by atoms with Gasteiger partial charge in [0.2, 0.25) is 0 Å². The topological polar surface area (TPSA) is 55.1 Å². The van der Waals surface area contributed by atoms with Crippen LogP contribution in [-0.2, 0) is 6.54 Å². The summed E-state index contributed by atoms with van der Waals surface area (Å²) in [4.78, 5) is 8.65. The van der Waals surface area contributed by atoms with E-state index in [1.807, 2.05) is 56.1 Å². The Labute approximate surface area is 118 Å². The van der Waals surface area contributed by atoms with Gasteiger partial charge in [-0.3, -0.25) is 4.98 Å². The lowest BCUT2D eigenvalue weighted by Gasteiger charge is -2.09. The number of rotatable bonds is 4. The third-order valence-electron chi connectivity index (χ3n) is 3.13. The van der Waals surface area contributed by atoms with Crippen LogP contribution in [0.5, 0.6) is 0 Å². The summed E-state index contributed by atoms with van der Waals surface area (Å²) in [7, 11) is 2.01. The number of anilines is 1. The summed E-state index contributed by atoms with van der Waals surface area (Å²) < 4.78 is 1.83. The van der Waals surface area contributed by atoms with Gasteiger partial charge >= 0.3 is 0 Å². The molecule has 99 valence electrons. The molecule has 3 aromatic heterocycles. The molecule has 3 aromatic rings. The highest BCUT2D eigenvalue weighted by Crippen LogP contribution is 2.12. The maximum Gasteiger partial charge on any atom is 0.155 e. The highest BCUT2D eigenvalue weighted by atomic mass is 15.3. The van der Waals surface area contributed by atoms with E-state index < -0.39 is 0 Å². The van der Waals surface area contributed by atoms with Crippen molar-refractivity contribution in [3.8, 4) is 0 Å². The highest BCUT2D eigenvalue weighted by Gasteiger charge is 2.09. The molecule has 6 heteroatoms.